The van der Waals surface area contributed by atoms with Crippen LogP contribution in [0.25, 0.3) is 0 Å². The number of amides is 2. The minimum atomic E-state index is 0.0525. The number of halogens is 1. The van der Waals surface area contributed by atoms with Gasteiger partial charge in [-0.3, -0.25) is 9.59 Å². The van der Waals surface area contributed by atoms with Crippen molar-refractivity contribution >= 4 is 39.1 Å². The van der Waals surface area contributed by atoms with Gasteiger partial charge >= 0.3 is 0 Å². The van der Waals surface area contributed by atoms with Gasteiger partial charge in [-0.1, -0.05) is 0 Å². The zero-order chi connectivity index (χ0) is 14.8. The van der Waals surface area contributed by atoms with Crippen molar-refractivity contribution in [1.29, 1.82) is 0 Å². The maximum Gasteiger partial charge on any atom is 0.225 e. The molecule has 2 aliphatic rings. The van der Waals surface area contributed by atoms with Crippen molar-refractivity contribution < 1.29 is 9.59 Å². The van der Waals surface area contributed by atoms with E-state index in [1.807, 2.05) is 17.0 Å². The van der Waals surface area contributed by atoms with E-state index in [9.17, 15) is 9.59 Å². The van der Waals surface area contributed by atoms with Crippen LogP contribution >= 0.6 is 27.3 Å². The Morgan fingerprint density at radius 3 is 2.48 bits per heavy atom. The number of likely N-dealkylation sites (tertiary alicyclic amines) is 1. The van der Waals surface area contributed by atoms with Crippen molar-refractivity contribution in [3.05, 3.63) is 20.8 Å². The Balaban J connectivity index is 1.43. The van der Waals surface area contributed by atoms with Crippen LogP contribution < -0.4 is 5.32 Å². The normalized spacial score (nSPS) is 19.6. The zero-order valence-corrected chi connectivity index (χ0v) is 14.2. The summed E-state index contributed by atoms with van der Waals surface area (Å²) in [4.78, 5) is 27.2. The summed E-state index contributed by atoms with van der Waals surface area (Å²) in [5, 5.41) is 3.01. The van der Waals surface area contributed by atoms with Crippen molar-refractivity contribution in [3.63, 3.8) is 0 Å². The summed E-state index contributed by atoms with van der Waals surface area (Å²) in [5.41, 5.74) is 0. The number of nitrogens with zero attached hydrogens (tertiary/aromatic N) is 1. The van der Waals surface area contributed by atoms with Crippen LogP contribution in [0.15, 0.2) is 15.9 Å². The van der Waals surface area contributed by atoms with E-state index in [-0.39, 0.29) is 17.7 Å². The van der Waals surface area contributed by atoms with Gasteiger partial charge in [0.2, 0.25) is 11.8 Å². The van der Waals surface area contributed by atoms with Crippen LogP contribution in [-0.4, -0.2) is 29.8 Å². The molecule has 0 unspecified atom stereocenters. The summed E-state index contributed by atoms with van der Waals surface area (Å²) in [5.74, 6) is 0.764. The highest BCUT2D eigenvalue weighted by atomic mass is 79.9. The van der Waals surface area contributed by atoms with E-state index < -0.39 is 0 Å². The maximum absolute atomic E-state index is 12.2. The van der Waals surface area contributed by atoms with Gasteiger partial charge in [0.15, 0.2) is 0 Å². The van der Waals surface area contributed by atoms with Crippen molar-refractivity contribution in [2.24, 2.45) is 11.8 Å². The number of hydrogen-bond donors (Lipinski definition) is 1. The second kappa shape index (κ2) is 6.48. The third-order valence-corrected chi connectivity index (χ3v) is 5.79. The fourth-order valence-electron chi connectivity index (χ4n) is 2.72. The lowest BCUT2D eigenvalue weighted by Crippen LogP contribution is -2.43. The summed E-state index contributed by atoms with van der Waals surface area (Å²) in [7, 11) is 0. The Hall–Kier alpha value is -0.880. The number of hydrogen-bond acceptors (Lipinski definition) is 3. The summed E-state index contributed by atoms with van der Waals surface area (Å²) in [6, 6.07) is 4.01. The molecule has 2 heterocycles. The van der Waals surface area contributed by atoms with Crippen molar-refractivity contribution in [2.75, 3.05) is 13.1 Å². The van der Waals surface area contributed by atoms with E-state index in [2.05, 4.69) is 21.2 Å². The summed E-state index contributed by atoms with van der Waals surface area (Å²) in [6.45, 7) is 2.06. The molecule has 0 bridgehead atoms. The first kappa shape index (κ1) is 15.0. The van der Waals surface area contributed by atoms with Gasteiger partial charge in [-0.15, -0.1) is 11.3 Å². The van der Waals surface area contributed by atoms with E-state index in [0.717, 1.165) is 47.4 Å². The predicted molar refractivity (Wildman–Crippen MR) is 85.9 cm³/mol. The van der Waals surface area contributed by atoms with E-state index in [1.165, 1.54) is 0 Å². The summed E-state index contributed by atoms with van der Waals surface area (Å²) >= 11 is 5.06. The molecule has 1 aliphatic heterocycles. The third kappa shape index (κ3) is 3.86. The highest BCUT2D eigenvalue weighted by molar-refractivity contribution is 9.11. The van der Waals surface area contributed by atoms with Gasteiger partial charge in [-0.05, 0) is 53.7 Å². The van der Waals surface area contributed by atoms with Crippen LogP contribution in [0.4, 0.5) is 0 Å². The van der Waals surface area contributed by atoms with Gasteiger partial charge in [0.1, 0.15) is 0 Å². The Morgan fingerprint density at radius 1 is 1.19 bits per heavy atom. The molecule has 1 aromatic rings. The van der Waals surface area contributed by atoms with Crippen molar-refractivity contribution in [2.45, 2.75) is 32.2 Å². The Bertz CT molecular complexity index is 534. The molecule has 21 heavy (non-hydrogen) atoms. The second-order valence-electron chi connectivity index (χ2n) is 5.80. The first-order chi connectivity index (χ1) is 10.1. The second-order valence-corrected chi connectivity index (χ2v) is 8.35. The molecule has 1 aromatic heterocycles. The average Bonchev–Trinajstić information content (AvgIpc) is 3.27. The molecule has 114 valence electrons. The maximum atomic E-state index is 12.2. The Kier molecular flexibility index (Phi) is 4.64. The van der Waals surface area contributed by atoms with Gasteiger partial charge in [-0.2, -0.15) is 0 Å². The van der Waals surface area contributed by atoms with Gasteiger partial charge < -0.3 is 10.2 Å². The van der Waals surface area contributed by atoms with Gasteiger partial charge in [0.05, 0.1) is 10.3 Å². The molecule has 0 radical (unpaired) electrons. The van der Waals surface area contributed by atoms with Gasteiger partial charge in [0.25, 0.3) is 0 Å². The molecule has 2 amide bonds. The molecule has 0 atom stereocenters. The van der Waals surface area contributed by atoms with E-state index in [0.29, 0.717) is 12.5 Å². The molecule has 0 aromatic carbocycles. The molecule has 1 aliphatic carbocycles. The quantitative estimate of drug-likeness (QED) is 0.885. The van der Waals surface area contributed by atoms with Crippen LogP contribution in [-0.2, 0) is 16.1 Å². The lowest BCUT2D eigenvalue weighted by atomic mass is 9.95. The standard InChI is InChI=1S/C15H19BrN2O2S/c16-13-4-3-12(21-13)9-17-14(19)10-5-7-18(8-6-10)15(20)11-1-2-11/h3-4,10-11H,1-2,5-9H2,(H,17,19). The molecule has 1 N–H and O–H groups in total. The lowest BCUT2D eigenvalue weighted by molar-refractivity contribution is -0.136. The molecule has 4 nitrogen and oxygen atoms in total. The minimum absolute atomic E-state index is 0.0525. The fraction of sp³-hybridized carbons (Fsp3) is 0.600. The predicted octanol–water partition coefficient (Wildman–Crippen LogP) is 2.78. The number of piperidine rings is 1. The van der Waals surface area contributed by atoms with Crippen LogP contribution in [0.3, 0.4) is 0 Å². The smallest absolute Gasteiger partial charge is 0.225 e. The first-order valence-electron chi connectivity index (χ1n) is 7.44. The van der Waals surface area contributed by atoms with E-state index >= 15 is 0 Å². The number of nitrogens with one attached hydrogen (secondary N) is 1. The van der Waals surface area contributed by atoms with Crippen molar-refractivity contribution in [3.8, 4) is 0 Å². The third-order valence-electron chi connectivity index (χ3n) is 4.17. The molecular formula is C15H19BrN2O2S. The van der Waals surface area contributed by atoms with Crippen molar-refractivity contribution in [1.82, 2.24) is 10.2 Å². The number of carbonyl (C=O) groups is 2. The Labute approximate surface area is 137 Å². The van der Waals surface area contributed by atoms with Crippen LogP contribution in [0, 0.1) is 11.8 Å². The van der Waals surface area contributed by atoms with E-state index in [1.54, 1.807) is 11.3 Å². The van der Waals surface area contributed by atoms with Crippen LogP contribution in [0.1, 0.15) is 30.6 Å². The molecule has 3 rings (SSSR count). The van der Waals surface area contributed by atoms with E-state index in [4.69, 9.17) is 0 Å². The van der Waals surface area contributed by atoms with Gasteiger partial charge in [0, 0.05) is 29.8 Å². The zero-order valence-electron chi connectivity index (χ0n) is 11.8. The highest BCUT2D eigenvalue weighted by Gasteiger charge is 2.35. The molecule has 0 spiro atoms. The minimum Gasteiger partial charge on any atom is -0.351 e. The molecular weight excluding hydrogens is 352 g/mol. The number of thiophene rings is 1. The lowest BCUT2D eigenvalue weighted by Gasteiger charge is -2.31. The fourth-order valence-corrected chi connectivity index (χ4v) is 4.14. The monoisotopic (exact) mass is 370 g/mol. The van der Waals surface area contributed by atoms with Crippen LogP contribution in [0.2, 0.25) is 0 Å². The topological polar surface area (TPSA) is 49.4 Å². The summed E-state index contributed by atoms with van der Waals surface area (Å²) in [6.07, 6.45) is 3.68. The largest absolute Gasteiger partial charge is 0.351 e. The molecule has 1 saturated carbocycles. The van der Waals surface area contributed by atoms with Crippen LogP contribution in [0.5, 0.6) is 0 Å². The molecule has 1 saturated heterocycles. The molecule has 2 fully saturated rings. The number of rotatable bonds is 4. The Morgan fingerprint density at radius 2 is 1.90 bits per heavy atom. The first-order valence-corrected chi connectivity index (χ1v) is 9.05. The molecule has 6 heteroatoms. The number of carbonyl (C=O) groups excluding carboxylic acids is 2. The highest BCUT2D eigenvalue weighted by Crippen LogP contribution is 2.32. The summed E-state index contributed by atoms with van der Waals surface area (Å²) < 4.78 is 1.08. The average molecular weight is 371 g/mol. The SMILES string of the molecule is O=C(NCc1ccc(Br)s1)C1CCN(C(=O)C2CC2)CC1. The van der Waals surface area contributed by atoms with Gasteiger partial charge in [-0.25, -0.2) is 0 Å².